The third kappa shape index (κ3) is 3.50. The largest absolute Gasteiger partial charge is 0.404 e. The Labute approximate surface area is 112 Å². The van der Waals surface area contributed by atoms with Gasteiger partial charge < -0.3 is 20.2 Å². The van der Waals surface area contributed by atoms with E-state index in [2.05, 4.69) is 26.3 Å². The second-order valence-electron chi connectivity index (χ2n) is 3.50. The maximum absolute atomic E-state index is 11.7. The highest BCUT2D eigenvalue weighted by atomic mass is 79.9. The molecule has 0 radical (unpaired) electrons. The summed E-state index contributed by atoms with van der Waals surface area (Å²) in [4.78, 5) is 21.7. The topological polar surface area (TPSA) is 99.3 Å². The molecule has 1 unspecified atom stereocenters. The lowest BCUT2D eigenvalue weighted by atomic mass is 10.3. The summed E-state index contributed by atoms with van der Waals surface area (Å²) in [6.45, 7) is 2.39. The number of amides is 1. The Hall–Kier alpha value is -1.48. The molecule has 1 atom stereocenters. The van der Waals surface area contributed by atoms with Crippen molar-refractivity contribution in [3.63, 3.8) is 0 Å². The molecule has 0 fully saturated rings. The van der Waals surface area contributed by atoms with Crippen LogP contribution in [0.25, 0.3) is 0 Å². The molecule has 0 saturated heterocycles. The summed E-state index contributed by atoms with van der Waals surface area (Å²) in [5, 5.41) is 17.0. The average Bonchev–Trinajstić information content (AvgIpc) is 2.70. The number of nitrogens with one attached hydrogen (secondary N) is 1. The number of ether oxygens (including phenoxy) is 1. The van der Waals surface area contributed by atoms with Gasteiger partial charge in [-0.05, 0) is 27.8 Å². The lowest BCUT2D eigenvalue weighted by molar-refractivity contribution is -0.390. The van der Waals surface area contributed by atoms with Gasteiger partial charge in [-0.3, -0.25) is 4.79 Å². The Morgan fingerprint density at radius 1 is 1.78 bits per heavy atom. The highest BCUT2D eigenvalue weighted by Gasteiger charge is 2.24. The Morgan fingerprint density at radius 2 is 2.44 bits per heavy atom. The first-order valence-corrected chi connectivity index (χ1v) is 5.92. The maximum atomic E-state index is 11.7. The van der Waals surface area contributed by atoms with Crippen LogP contribution >= 0.6 is 15.9 Å². The lowest BCUT2D eigenvalue weighted by Gasteiger charge is -2.09. The number of carbonyl (C=O) groups excluding carboxylic acids is 1. The number of aromatic nitrogens is 2. The molecule has 1 heterocycles. The summed E-state index contributed by atoms with van der Waals surface area (Å²) in [5.41, 5.74) is 0. The molecule has 0 aliphatic heterocycles. The van der Waals surface area contributed by atoms with Crippen LogP contribution in [0.4, 0.5) is 5.82 Å². The summed E-state index contributed by atoms with van der Waals surface area (Å²) in [6, 6.07) is -0.633. The van der Waals surface area contributed by atoms with E-state index in [1.54, 1.807) is 6.92 Å². The molecule has 0 aromatic carbocycles. The van der Waals surface area contributed by atoms with Crippen molar-refractivity contribution in [3.8, 4) is 0 Å². The van der Waals surface area contributed by atoms with Gasteiger partial charge in [0.25, 0.3) is 0 Å². The van der Waals surface area contributed by atoms with Crippen molar-refractivity contribution in [3.05, 3.63) is 20.8 Å². The van der Waals surface area contributed by atoms with E-state index < -0.39 is 11.0 Å². The maximum Gasteiger partial charge on any atom is 0.404 e. The van der Waals surface area contributed by atoms with Crippen molar-refractivity contribution in [2.75, 3.05) is 20.3 Å². The summed E-state index contributed by atoms with van der Waals surface area (Å²) < 4.78 is 6.28. The molecule has 1 rings (SSSR count). The number of rotatable bonds is 6. The summed E-state index contributed by atoms with van der Waals surface area (Å²) in [7, 11) is 1.53. The zero-order chi connectivity index (χ0) is 13.7. The van der Waals surface area contributed by atoms with Crippen molar-refractivity contribution in [1.29, 1.82) is 0 Å². The lowest BCUT2D eigenvalue weighted by Crippen LogP contribution is -2.33. The Morgan fingerprint density at radius 3 is 2.94 bits per heavy atom. The van der Waals surface area contributed by atoms with Gasteiger partial charge in [-0.1, -0.05) is 0 Å². The molecule has 0 bridgehead atoms. The van der Waals surface area contributed by atoms with Gasteiger partial charge in [-0.15, -0.1) is 0 Å². The molecule has 0 spiro atoms. The minimum Gasteiger partial charge on any atom is -0.383 e. The fourth-order valence-corrected chi connectivity index (χ4v) is 1.66. The second kappa shape index (κ2) is 6.45. The fraction of sp³-hybridized carbons (Fsp3) is 0.556. The fourth-order valence-electron chi connectivity index (χ4n) is 1.23. The number of nitro groups is 1. The van der Waals surface area contributed by atoms with E-state index in [4.69, 9.17) is 4.74 Å². The normalized spacial score (nSPS) is 12.2. The number of carbonyl (C=O) groups is 1. The first-order chi connectivity index (χ1) is 8.47. The van der Waals surface area contributed by atoms with Gasteiger partial charge in [-0.2, -0.15) is 4.68 Å². The zero-order valence-electron chi connectivity index (χ0n) is 9.92. The summed E-state index contributed by atoms with van der Waals surface area (Å²) >= 11 is 3.02. The van der Waals surface area contributed by atoms with Crippen LogP contribution in [0.15, 0.2) is 10.7 Å². The first kappa shape index (κ1) is 14.6. The van der Waals surface area contributed by atoms with Crippen molar-refractivity contribution >= 4 is 27.7 Å². The van der Waals surface area contributed by atoms with E-state index >= 15 is 0 Å². The molecular formula is C9H13BrN4O4. The Kier molecular flexibility index (Phi) is 5.23. The van der Waals surface area contributed by atoms with Crippen LogP contribution in [-0.4, -0.2) is 40.9 Å². The smallest absolute Gasteiger partial charge is 0.383 e. The van der Waals surface area contributed by atoms with E-state index in [0.29, 0.717) is 13.2 Å². The van der Waals surface area contributed by atoms with E-state index in [-0.39, 0.29) is 16.2 Å². The van der Waals surface area contributed by atoms with Gasteiger partial charge in [0, 0.05) is 13.7 Å². The second-order valence-corrected chi connectivity index (χ2v) is 4.35. The molecule has 0 aliphatic rings. The summed E-state index contributed by atoms with van der Waals surface area (Å²) in [5.74, 6) is -0.594. The van der Waals surface area contributed by atoms with Crippen molar-refractivity contribution in [1.82, 2.24) is 15.1 Å². The highest BCUT2D eigenvalue weighted by Crippen LogP contribution is 2.23. The van der Waals surface area contributed by atoms with E-state index in [0.717, 1.165) is 0 Å². The Balaban J connectivity index is 2.71. The highest BCUT2D eigenvalue weighted by molar-refractivity contribution is 9.10. The minimum absolute atomic E-state index is 0.240. The van der Waals surface area contributed by atoms with Crippen LogP contribution in [0.2, 0.25) is 0 Å². The van der Waals surface area contributed by atoms with Crippen molar-refractivity contribution in [2.24, 2.45) is 0 Å². The molecule has 1 aromatic heterocycles. The third-order valence-electron chi connectivity index (χ3n) is 2.22. The zero-order valence-corrected chi connectivity index (χ0v) is 11.5. The molecule has 1 amide bonds. The number of methoxy groups -OCH3 is 1. The van der Waals surface area contributed by atoms with Crippen LogP contribution in [0, 0.1) is 10.1 Å². The standard InChI is InChI=1S/C9H13BrN4O4/c1-6(9(15)11-3-4-18-2)13-5-7(10)8(12-13)14(16)17/h5-6H,3-4H2,1-2H3,(H,11,15). The summed E-state index contributed by atoms with van der Waals surface area (Å²) in [6.07, 6.45) is 1.40. The van der Waals surface area contributed by atoms with Crippen LogP contribution in [0.1, 0.15) is 13.0 Å². The molecule has 1 aromatic rings. The van der Waals surface area contributed by atoms with Gasteiger partial charge in [0.05, 0.1) is 17.9 Å². The molecule has 8 nitrogen and oxygen atoms in total. The van der Waals surface area contributed by atoms with Crippen LogP contribution in [0.3, 0.4) is 0 Å². The first-order valence-electron chi connectivity index (χ1n) is 5.13. The molecule has 0 saturated carbocycles. The molecule has 18 heavy (non-hydrogen) atoms. The molecule has 100 valence electrons. The molecule has 9 heteroatoms. The van der Waals surface area contributed by atoms with Gasteiger partial charge in [-0.25, -0.2) is 0 Å². The van der Waals surface area contributed by atoms with Gasteiger partial charge in [0.1, 0.15) is 10.5 Å². The predicted octanol–water partition coefficient (Wildman–Crippen LogP) is 0.877. The van der Waals surface area contributed by atoms with E-state index in [9.17, 15) is 14.9 Å². The van der Waals surface area contributed by atoms with Crippen LogP contribution in [-0.2, 0) is 9.53 Å². The van der Waals surface area contributed by atoms with Crippen LogP contribution in [0.5, 0.6) is 0 Å². The van der Waals surface area contributed by atoms with Gasteiger partial charge in [0.15, 0.2) is 0 Å². The monoisotopic (exact) mass is 320 g/mol. The average molecular weight is 321 g/mol. The minimum atomic E-state index is -0.633. The number of hydrogen-bond donors (Lipinski definition) is 1. The van der Waals surface area contributed by atoms with Gasteiger partial charge in [0.2, 0.25) is 5.91 Å². The number of nitrogens with zero attached hydrogens (tertiary/aromatic N) is 3. The quantitative estimate of drug-likeness (QED) is 0.476. The van der Waals surface area contributed by atoms with Crippen LogP contribution < -0.4 is 5.32 Å². The van der Waals surface area contributed by atoms with E-state index in [1.165, 1.54) is 18.0 Å². The van der Waals surface area contributed by atoms with Crippen molar-refractivity contribution in [2.45, 2.75) is 13.0 Å². The molecule has 0 aliphatic carbocycles. The number of halogens is 1. The Bertz CT molecular complexity index is 448. The molecular weight excluding hydrogens is 308 g/mol. The SMILES string of the molecule is COCCNC(=O)C(C)n1cc(Br)c([N+](=O)[O-])n1. The van der Waals surface area contributed by atoms with E-state index in [1.807, 2.05) is 0 Å². The molecule has 1 N–H and O–H groups in total. The predicted molar refractivity (Wildman–Crippen MR) is 66.2 cm³/mol. The third-order valence-corrected chi connectivity index (χ3v) is 2.78. The van der Waals surface area contributed by atoms with Crippen molar-refractivity contribution < 1.29 is 14.5 Å². The van der Waals surface area contributed by atoms with Gasteiger partial charge >= 0.3 is 5.82 Å². The number of hydrogen-bond acceptors (Lipinski definition) is 5.